The zero-order valence-electron chi connectivity index (χ0n) is 12.7. The molecule has 0 unspecified atom stereocenters. The average Bonchev–Trinajstić information content (AvgIpc) is 2.37. The predicted molar refractivity (Wildman–Crippen MR) is 85.6 cm³/mol. The van der Waals surface area contributed by atoms with Gasteiger partial charge in [-0.1, -0.05) is 27.7 Å². The SMILES string of the molecule is CC(C)C(CNc1ncnc2cc(N)ccc12)C(C)C. The summed E-state index contributed by atoms with van der Waals surface area (Å²) in [5, 5.41) is 4.50. The second-order valence-electron chi connectivity index (χ2n) is 6.03. The van der Waals surface area contributed by atoms with Crippen LogP contribution in [0.2, 0.25) is 0 Å². The third-order valence-electron chi connectivity index (χ3n) is 3.88. The quantitative estimate of drug-likeness (QED) is 0.817. The molecule has 108 valence electrons. The molecule has 0 spiro atoms. The Bertz CT molecular complexity index is 570. The number of benzene rings is 1. The van der Waals surface area contributed by atoms with Crippen LogP contribution < -0.4 is 11.1 Å². The van der Waals surface area contributed by atoms with E-state index in [0.29, 0.717) is 17.8 Å². The van der Waals surface area contributed by atoms with Crippen LogP contribution in [-0.2, 0) is 0 Å². The molecule has 1 aromatic heterocycles. The fourth-order valence-corrected chi connectivity index (χ4v) is 2.67. The molecule has 0 aliphatic heterocycles. The molecule has 2 aromatic rings. The lowest BCUT2D eigenvalue weighted by Gasteiger charge is -2.25. The molecule has 20 heavy (non-hydrogen) atoms. The highest BCUT2D eigenvalue weighted by molar-refractivity contribution is 5.90. The second-order valence-corrected chi connectivity index (χ2v) is 6.03. The molecule has 2 rings (SSSR count). The first-order valence-electron chi connectivity index (χ1n) is 7.23. The maximum atomic E-state index is 5.79. The van der Waals surface area contributed by atoms with Gasteiger partial charge in [-0.05, 0) is 36.0 Å². The van der Waals surface area contributed by atoms with Gasteiger partial charge in [-0.3, -0.25) is 0 Å². The first-order valence-corrected chi connectivity index (χ1v) is 7.23. The third-order valence-corrected chi connectivity index (χ3v) is 3.88. The number of hydrogen-bond donors (Lipinski definition) is 2. The first kappa shape index (κ1) is 14.6. The van der Waals surface area contributed by atoms with Crippen molar-refractivity contribution >= 4 is 22.4 Å². The van der Waals surface area contributed by atoms with E-state index in [-0.39, 0.29) is 0 Å². The lowest BCUT2D eigenvalue weighted by molar-refractivity contribution is 0.304. The van der Waals surface area contributed by atoms with Gasteiger partial charge in [-0.25, -0.2) is 9.97 Å². The maximum Gasteiger partial charge on any atom is 0.137 e. The van der Waals surface area contributed by atoms with E-state index >= 15 is 0 Å². The van der Waals surface area contributed by atoms with Gasteiger partial charge in [0.2, 0.25) is 0 Å². The Morgan fingerprint density at radius 2 is 1.80 bits per heavy atom. The maximum absolute atomic E-state index is 5.79. The number of nitrogens with zero attached hydrogens (tertiary/aromatic N) is 2. The summed E-state index contributed by atoms with van der Waals surface area (Å²) in [5.74, 6) is 2.80. The molecular formula is C16H24N4. The highest BCUT2D eigenvalue weighted by atomic mass is 15.0. The Morgan fingerprint density at radius 3 is 2.45 bits per heavy atom. The number of fused-ring (bicyclic) bond motifs is 1. The molecule has 4 heteroatoms. The Kier molecular flexibility index (Phi) is 4.42. The van der Waals surface area contributed by atoms with Crippen molar-refractivity contribution in [3.05, 3.63) is 24.5 Å². The number of aromatic nitrogens is 2. The van der Waals surface area contributed by atoms with Crippen molar-refractivity contribution in [1.29, 1.82) is 0 Å². The monoisotopic (exact) mass is 272 g/mol. The fourth-order valence-electron chi connectivity index (χ4n) is 2.67. The van der Waals surface area contributed by atoms with Crippen LogP contribution in [0.1, 0.15) is 27.7 Å². The van der Waals surface area contributed by atoms with Crippen LogP contribution in [-0.4, -0.2) is 16.5 Å². The standard InChI is InChI=1S/C16H24N4/c1-10(2)14(11(3)4)8-18-16-13-6-5-12(17)7-15(13)19-9-20-16/h5-7,9-11,14H,8,17H2,1-4H3,(H,18,19,20). The molecular weight excluding hydrogens is 248 g/mol. The Morgan fingerprint density at radius 1 is 1.10 bits per heavy atom. The molecule has 0 bridgehead atoms. The molecule has 0 atom stereocenters. The van der Waals surface area contributed by atoms with Crippen LogP contribution in [0.15, 0.2) is 24.5 Å². The van der Waals surface area contributed by atoms with Crippen molar-refractivity contribution in [3.8, 4) is 0 Å². The summed E-state index contributed by atoms with van der Waals surface area (Å²) in [7, 11) is 0. The van der Waals surface area contributed by atoms with Gasteiger partial charge >= 0.3 is 0 Å². The fraction of sp³-hybridized carbons (Fsp3) is 0.500. The summed E-state index contributed by atoms with van der Waals surface area (Å²) in [5.41, 5.74) is 7.40. The average molecular weight is 272 g/mol. The zero-order chi connectivity index (χ0) is 14.7. The van der Waals surface area contributed by atoms with E-state index in [0.717, 1.165) is 29.0 Å². The van der Waals surface area contributed by atoms with Gasteiger partial charge in [0.1, 0.15) is 12.1 Å². The van der Waals surface area contributed by atoms with E-state index in [9.17, 15) is 0 Å². The van der Waals surface area contributed by atoms with Gasteiger partial charge in [-0.15, -0.1) is 0 Å². The zero-order valence-corrected chi connectivity index (χ0v) is 12.7. The molecule has 0 amide bonds. The van der Waals surface area contributed by atoms with E-state index in [1.807, 2.05) is 18.2 Å². The number of hydrogen-bond acceptors (Lipinski definition) is 4. The van der Waals surface area contributed by atoms with Gasteiger partial charge in [0.05, 0.1) is 5.52 Å². The summed E-state index contributed by atoms with van der Waals surface area (Å²) in [6, 6.07) is 5.75. The minimum absolute atomic E-state index is 0.619. The van der Waals surface area contributed by atoms with Crippen LogP contribution in [0.5, 0.6) is 0 Å². The van der Waals surface area contributed by atoms with E-state index in [2.05, 4.69) is 43.0 Å². The normalized spacial score (nSPS) is 11.8. The summed E-state index contributed by atoms with van der Waals surface area (Å²) in [4.78, 5) is 8.63. The van der Waals surface area contributed by atoms with Crippen LogP contribution in [0.3, 0.4) is 0 Å². The topological polar surface area (TPSA) is 63.8 Å². The van der Waals surface area contributed by atoms with E-state index in [4.69, 9.17) is 5.73 Å². The Hall–Kier alpha value is -1.84. The molecule has 3 N–H and O–H groups in total. The third kappa shape index (κ3) is 3.18. The second kappa shape index (κ2) is 6.07. The Labute approximate surface area is 120 Å². The van der Waals surface area contributed by atoms with Crippen molar-refractivity contribution in [1.82, 2.24) is 9.97 Å². The molecule has 0 radical (unpaired) electrons. The van der Waals surface area contributed by atoms with Gasteiger partial charge < -0.3 is 11.1 Å². The predicted octanol–water partition coefficient (Wildman–Crippen LogP) is 3.55. The highest BCUT2D eigenvalue weighted by Gasteiger charge is 2.17. The summed E-state index contributed by atoms with van der Waals surface area (Å²) < 4.78 is 0. The first-order chi connectivity index (χ1) is 9.49. The van der Waals surface area contributed by atoms with Crippen molar-refractivity contribution in [2.45, 2.75) is 27.7 Å². The molecule has 0 fully saturated rings. The van der Waals surface area contributed by atoms with Crippen molar-refractivity contribution < 1.29 is 0 Å². The summed E-state index contributed by atoms with van der Waals surface area (Å²) in [6.45, 7) is 10.00. The lowest BCUT2D eigenvalue weighted by Crippen LogP contribution is -2.24. The molecule has 1 aromatic carbocycles. The van der Waals surface area contributed by atoms with Crippen LogP contribution in [0, 0.1) is 17.8 Å². The van der Waals surface area contributed by atoms with Gasteiger partial charge in [0.15, 0.2) is 0 Å². The van der Waals surface area contributed by atoms with E-state index in [1.165, 1.54) is 0 Å². The number of nitrogens with one attached hydrogen (secondary N) is 1. The number of rotatable bonds is 5. The van der Waals surface area contributed by atoms with Gasteiger partial charge in [-0.2, -0.15) is 0 Å². The minimum Gasteiger partial charge on any atom is -0.399 e. The number of nitrogens with two attached hydrogens (primary N) is 1. The van der Waals surface area contributed by atoms with Gasteiger partial charge in [0, 0.05) is 17.6 Å². The number of anilines is 2. The smallest absolute Gasteiger partial charge is 0.137 e. The van der Waals surface area contributed by atoms with Crippen molar-refractivity contribution in [2.24, 2.45) is 17.8 Å². The van der Waals surface area contributed by atoms with E-state index < -0.39 is 0 Å². The highest BCUT2D eigenvalue weighted by Crippen LogP contribution is 2.24. The van der Waals surface area contributed by atoms with Crippen LogP contribution in [0.25, 0.3) is 10.9 Å². The molecule has 0 saturated carbocycles. The molecule has 0 saturated heterocycles. The van der Waals surface area contributed by atoms with Crippen LogP contribution in [0.4, 0.5) is 11.5 Å². The Balaban J connectivity index is 2.21. The molecule has 0 aliphatic carbocycles. The van der Waals surface area contributed by atoms with E-state index in [1.54, 1.807) is 6.33 Å². The largest absolute Gasteiger partial charge is 0.399 e. The lowest BCUT2D eigenvalue weighted by atomic mass is 9.85. The molecule has 0 aliphatic rings. The van der Waals surface area contributed by atoms with Crippen molar-refractivity contribution in [3.63, 3.8) is 0 Å². The summed E-state index contributed by atoms with van der Waals surface area (Å²) in [6.07, 6.45) is 1.59. The molecule has 4 nitrogen and oxygen atoms in total. The minimum atomic E-state index is 0.619. The number of nitrogen functional groups attached to an aromatic ring is 1. The van der Waals surface area contributed by atoms with Crippen LogP contribution >= 0.6 is 0 Å². The van der Waals surface area contributed by atoms with Crippen molar-refractivity contribution in [2.75, 3.05) is 17.6 Å². The molecule has 1 heterocycles. The summed E-state index contributed by atoms with van der Waals surface area (Å²) >= 11 is 0. The van der Waals surface area contributed by atoms with Gasteiger partial charge in [0.25, 0.3) is 0 Å².